The fourth-order valence-electron chi connectivity index (χ4n) is 1.78. The maximum Gasteiger partial charge on any atom is 0.313 e. The Hall–Kier alpha value is -1.71. The van der Waals surface area contributed by atoms with Crippen molar-refractivity contribution in [2.45, 2.75) is 11.7 Å². The van der Waals surface area contributed by atoms with Crippen molar-refractivity contribution in [2.75, 3.05) is 5.75 Å². The second-order valence-corrected chi connectivity index (χ2v) is 6.64. The van der Waals surface area contributed by atoms with E-state index < -0.39 is 5.97 Å². The van der Waals surface area contributed by atoms with Crippen LogP contribution in [0, 0.1) is 0 Å². The number of hydrogen-bond acceptors (Lipinski definition) is 7. The van der Waals surface area contributed by atoms with Crippen LogP contribution in [0.2, 0.25) is 0 Å². The predicted octanol–water partition coefficient (Wildman–Crippen LogP) is 2.14. The standard InChI is InChI=1S/C12H9N3O3S3/c16-9(17)5-21-12-14-10-8(1-2-20-10)11(18)15(12)3-7-4-19-6-13-7/h1-2,4,6H,3,5H2,(H,16,17). The van der Waals surface area contributed by atoms with Gasteiger partial charge in [-0.3, -0.25) is 14.2 Å². The highest BCUT2D eigenvalue weighted by molar-refractivity contribution is 7.99. The topological polar surface area (TPSA) is 85.1 Å². The van der Waals surface area contributed by atoms with Crippen LogP contribution in [0.1, 0.15) is 5.69 Å². The molecule has 6 nitrogen and oxygen atoms in total. The first-order valence-electron chi connectivity index (χ1n) is 5.85. The smallest absolute Gasteiger partial charge is 0.313 e. The van der Waals surface area contributed by atoms with Gasteiger partial charge < -0.3 is 5.11 Å². The number of hydrogen-bond donors (Lipinski definition) is 1. The molecule has 0 atom stereocenters. The number of thioether (sulfide) groups is 1. The summed E-state index contributed by atoms with van der Waals surface area (Å²) in [5, 5.41) is 13.4. The summed E-state index contributed by atoms with van der Waals surface area (Å²) in [5.74, 6) is -1.08. The van der Waals surface area contributed by atoms with E-state index in [4.69, 9.17) is 5.11 Å². The molecular formula is C12H9N3O3S3. The second kappa shape index (κ2) is 5.96. The third-order valence-electron chi connectivity index (χ3n) is 2.68. The van der Waals surface area contributed by atoms with Crippen LogP contribution in [-0.4, -0.2) is 31.4 Å². The molecule has 3 rings (SSSR count). The van der Waals surface area contributed by atoms with Gasteiger partial charge in [0.2, 0.25) is 0 Å². The van der Waals surface area contributed by atoms with E-state index in [2.05, 4.69) is 9.97 Å². The van der Waals surface area contributed by atoms with E-state index in [1.807, 2.05) is 5.38 Å². The van der Waals surface area contributed by atoms with Gasteiger partial charge in [-0.1, -0.05) is 11.8 Å². The second-order valence-electron chi connectivity index (χ2n) is 4.09. The van der Waals surface area contributed by atoms with Crippen molar-refractivity contribution < 1.29 is 9.90 Å². The summed E-state index contributed by atoms with van der Waals surface area (Å²) in [7, 11) is 0. The molecule has 3 heterocycles. The summed E-state index contributed by atoms with van der Waals surface area (Å²) < 4.78 is 1.48. The molecule has 0 saturated carbocycles. The van der Waals surface area contributed by atoms with E-state index in [-0.39, 0.29) is 11.3 Å². The van der Waals surface area contributed by atoms with E-state index in [9.17, 15) is 9.59 Å². The van der Waals surface area contributed by atoms with Crippen molar-refractivity contribution in [1.29, 1.82) is 0 Å². The van der Waals surface area contributed by atoms with Gasteiger partial charge in [0.1, 0.15) is 4.83 Å². The van der Waals surface area contributed by atoms with E-state index in [0.717, 1.165) is 17.5 Å². The Morgan fingerprint density at radius 3 is 3.05 bits per heavy atom. The van der Waals surface area contributed by atoms with Crippen LogP contribution in [0.3, 0.4) is 0 Å². The first kappa shape index (κ1) is 14.2. The fourth-order valence-corrected chi connectivity index (χ4v) is 3.86. The Morgan fingerprint density at radius 2 is 2.33 bits per heavy atom. The summed E-state index contributed by atoms with van der Waals surface area (Å²) in [4.78, 5) is 32.5. The molecule has 0 bridgehead atoms. The lowest BCUT2D eigenvalue weighted by Crippen LogP contribution is -2.23. The van der Waals surface area contributed by atoms with Crippen molar-refractivity contribution in [3.8, 4) is 0 Å². The fraction of sp³-hybridized carbons (Fsp3) is 0.167. The van der Waals surface area contributed by atoms with Gasteiger partial charge in [0, 0.05) is 5.38 Å². The Morgan fingerprint density at radius 1 is 1.48 bits per heavy atom. The summed E-state index contributed by atoms with van der Waals surface area (Å²) >= 11 is 3.86. The highest BCUT2D eigenvalue weighted by atomic mass is 32.2. The van der Waals surface area contributed by atoms with Crippen LogP contribution in [0.5, 0.6) is 0 Å². The van der Waals surface area contributed by atoms with E-state index in [1.165, 1.54) is 27.2 Å². The minimum Gasteiger partial charge on any atom is -0.481 e. The molecule has 1 N–H and O–H groups in total. The first-order valence-corrected chi connectivity index (χ1v) is 8.65. The summed E-state index contributed by atoms with van der Waals surface area (Å²) in [6.45, 7) is 0.295. The molecule has 0 amide bonds. The van der Waals surface area contributed by atoms with Crippen LogP contribution in [-0.2, 0) is 11.3 Å². The van der Waals surface area contributed by atoms with Crippen molar-refractivity contribution in [1.82, 2.24) is 14.5 Å². The van der Waals surface area contributed by atoms with Gasteiger partial charge in [0.25, 0.3) is 5.56 Å². The number of nitrogens with zero attached hydrogens (tertiary/aromatic N) is 3. The Labute approximate surface area is 131 Å². The van der Waals surface area contributed by atoms with Gasteiger partial charge in [-0.15, -0.1) is 22.7 Å². The number of aromatic nitrogens is 3. The number of carboxylic acid groups (broad SMARTS) is 1. The molecule has 9 heteroatoms. The van der Waals surface area contributed by atoms with Gasteiger partial charge in [-0.05, 0) is 11.4 Å². The number of carbonyl (C=O) groups is 1. The van der Waals surface area contributed by atoms with Crippen LogP contribution in [0.4, 0.5) is 0 Å². The molecule has 0 radical (unpaired) electrons. The molecule has 0 aromatic carbocycles. The number of thiazole rings is 1. The molecule has 0 aliphatic heterocycles. The maximum atomic E-state index is 12.5. The van der Waals surface area contributed by atoms with Crippen molar-refractivity contribution in [2.24, 2.45) is 0 Å². The van der Waals surface area contributed by atoms with Crippen LogP contribution in [0.15, 0.2) is 32.3 Å². The molecule has 0 aliphatic rings. The van der Waals surface area contributed by atoms with Crippen molar-refractivity contribution >= 4 is 50.6 Å². The maximum absolute atomic E-state index is 12.5. The largest absolute Gasteiger partial charge is 0.481 e. The summed E-state index contributed by atoms with van der Waals surface area (Å²) in [5.41, 5.74) is 2.29. The quantitative estimate of drug-likeness (QED) is 0.566. The number of thiophene rings is 1. The molecule has 3 aromatic heterocycles. The molecule has 0 spiro atoms. The minimum atomic E-state index is -0.944. The zero-order chi connectivity index (χ0) is 14.8. The molecule has 0 aliphatic carbocycles. The third kappa shape index (κ3) is 2.99. The summed E-state index contributed by atoms with van der Waals surface area (Å²) in [6, 6.07) is 1.73. The van der Waals surface area contributed by atoms with Crippen molar-refractivity contribution in [3.63, 3.8) is 0 Å². The van der Waals surface area contributed by atoms with Gasteiger partial charge in [-0.2, -0.15) is 0 Å². The third-order valence-corrected chi connectivity index (χ3v) is 5.08. The highest BCUT2D eigenvalue weighted by Crippen LogP contribution is 2.21. The lowest BCUT2D eigenvalue weighted by molar-refractivity contribution is -0.133. The Bertz CT molecular complexity index is 838. The monoisotopic (exact) mass is 339 g/mol. The number of aliphatic carboxylic acids is 1. The lowest BCUT2D eigenvalue weighted by Gasteiger charge is -2.09. The Kier molecular flexibility index (Phi) is 4.04. The van der Waals surface area contributed by atoms with Crippen LogP contribution < -0.4 is 5.56 Å². The van der Waals surface area contributed by atoms with E-state index in [1.54, 1.807) is 17.0 Å². The van der Waals surface area contributed by atoms with Gasteiger partial charge in [-0.25, -0.2) is 9.97 Å². The SMILES string of the molecule is O=C(O)CSc1nc2sccc2c(=O)n1Cc1cscn1. The lowest BCUT2D eigenvalue weighted by atomic mass is 10.4. The minimum absolute atomic E-state index is 0.139. The molecule has 3 aromatic rings. The number of rotatable bonds is 5. The zero-order valence-electron chi connectivity index (χ0n) is 10.6. The van der Waals surface area contributed by atoms with Gasteiger partial charge >= 0.3 is 5.97 Å². The Balaban J connectivity index is 2.08. The van der Waals surface area contributed by atoms with Crippen LogP contribution >= 0.6 is 34.4 Å². The zero-order valence-corrected chi connectivity index (χ0v) is 13.0. The predicted molar refractivity (Wildman–Crippen MR) is 83.5 cm³/mol. The molecule has 0 saturated heterocycles. The number of fused-ring (bicyclic) bond motifs is 1. The van der Waals surface area contributed by atoms with E-state index in [0.29, 0.717) is 21.9 Å². The normalized spacial score (nSPS) is 11.0. The van der Waals surface area contributed by atoms with Crippen molar-refractivity contribution in [3.05, 3.63) is 38.4 Å². The summed E-state index contributed by atoms with van der Waals surface area (Å²) in [6.07, 6.45) is 0. The van der Waals surface area contributed by atoms with Crippen LogP contribution in [0.25, 0.3) is 10.2 Å². The highest BCUT2D eigenvalue weighted by Gasteiger charge is 2.14. The molecule has 0 unspecified atom stereocenters. The van der Waals surface area contributed by atoms with Gasteiger partial charge in [0.05, 0.1) is 28.9 Å². The average molecular weight is 339 g/mol. The first-order chi connectivity index (χ1) is 10.1. The molecule has 0 fully saturated rings. The molecule has 21 heavy (non-hydrogen) atoms. The van der Waals surface area contributed by atoms with E-state index >= 15 is 0 Å². The van der Waals surface area contributed by atoms with Gasteiger partial charge in [0.15, 0.2) is 5.16 Å². The molecule has 108 valence electrons. The number of carboxylic acids is 1. The average Bonchev–Trinajstić information content (AvgIpc) is 3.11. The molecular weight excluding hydrogens is 330 g/mol.